The molecular weight excluding hydrogens is 230 g/mol. The molecule has 0 spiro atoms. The predicted octanol–water partition coefficient (Wildman–Crippen LogP) is 1.27. The highest BCUT2D eigenvalue weighted by Crippen LogP contribution is 2.32. The summed E-state index contributed by atoms with van der Waals surface area (Å²) in [6.45, 7) is 5.30. The number of benzene rings is 1. The highest BCUT2D eigenvalue weighted by molar-refractivity contribution is 5.79. The Balaban J connectivity index is 1.91. The van der Waals surface area contributed by atoms with Crippen LogP contribution in [-0.4, -0.2) is 26.3 Å². The topological polar surface area (TPSA) is 54.9 Å². The molecule has 5 heteroatoms. The Kier molecular flexibility index (Phi) is 4.06. The van der Waals surface area contributed by atoms with Gasteiger partial charge in [-0.05, 0) is 17.7 Å². The zero-order valence-corrected chi connectivity index (χ0v) is 10.4. The highest BCUT2D eigenvalue weighted by Gasteiger charge is 2.12. The maximum atomic E-state index is 5.33. The minimum Gasteiger partial charge on any atom is -0.454 e. The predicted molar refractivity (Wildman–Crippen MR) is 71.0 cm³/mol. The number of guanidine groups is 1. The molecule has 0 bridgehead atoms. The number of nitrogens with one attached hydrogen (secondary N) is 2. The van der Waals surface area contributed by atoms with Crippen molar-refractivity contribution in [3.8, 4) is 11.5 Å². The largest absolute Gasteiger partial charge is 0.454 e. The fourth-order valence-corrected chi connectivity index (χ4v) is 1.63. The van der Waals surface area contributed by atoms with Crippen molar-refractivity contribution in [2.75, 3.05) is 20.4 Å². The third-order valence-corrected chi connectivity index (χ3v) is 2.53. The molecule has 0 radical (unpaired) electrons. The summed E-state index contributed by atoms with van der Waals surface area (Å²) in [5.74, 6) is 2.34. The SMILES string of the molecule is C=CCNC(=NC)NCc1ccc2c(c1)OCO2. The molecule has 5 nitrogen and oxygen atoms in total. The zero-order chi connectivity index (χ0) is 12.8. The van der Waals surface area contributed by atoms with E-state index in [4.69, 9.17) is 9.47 Å². The Morgan fingerprint density at radius 2 is 2.22 bits per heavy atom. The van der Waals surface area contributed by atoms with Crippen molar-refractivity contribution in [3.05, 3.63) is 36.4 Å². The van der Waals surface area contributed by atoms with E-state index in [1.807, 2.05) is 18.2 Å². The minimum atomic E-state index is 0.300. The Hall–Kier alpha value is -2.17. The lowest BCUT2D eigenvalue weighted by Gasteiger charge is -2.10. The zero-order valence-electron chi connectivity index (χ0n) is 10.4. The molecule has 0 amide bonds. The maximum Gasteiger partial charge on any atom is 0.231 e. The number of hydrogen-bond acceptors (Lipinski definition) is 3. The minimum absolute atomic E-state index is 0.300. The van der Waals surface area contributed by atoms with Crippen molar-refractivity contribution in [2.24, 2.45) is 4.99 Å². The summed E-state index contributed by atoms with van der Waals surface area (Å²) in [6, 6.07) is 5.89. The van der Waals surface area contributed by atoms with Crippen LogP contribution in [0, 0.1) is 0 Å². The summed E-state index contributed by atoms with van der Waals surface area (Å²) in [6.07, 6.45) is 1.79. The van der Waals surface area contributed by atoms with Gasteiger partial charge in [0.1, 0.15) is 0 Å². The first-order chi connectivity index (χ1) is 8.83. The van der Waals surface area contributed by atoms with Crippen molar-refractivity contribution in [3.63, 3.8) is 0 Å². The van der Waals surface area contributed by atoms with Gasteiger partial charge in [-0.2, -0.15) is 0 Å². The van der Waals surface area contributed by atoms with Gasteiger partial charge in [0.2, 0.25) is 6.79 Å². The van der Waals surface area contributed by atoms with Crippen LogP contribution in [0.2, 0.25) is 0 Å². The summed E-state index contributed by atoms with van der Waals surface area (Å²) in [5.41, 5.74) is 1.11. The average Bonchev–Trinajstić information content (AvgIpc) is 2.86. The Labute approximate surface area is 107 Å². The molecule has 0 fully saturated rings. The molecule has 2 rings (SSSR count). The van der Waals surface area contributed by atoms with Crippen molar-refractivity contribution in [2.45, 2.75) is 6.54 Å². The van der Waals surface area contributed by atoms with Gasteiger partial charge in [-0.3, -0.25) is 4.99 Å². The molecule has 0 saturated carbocycles. The van der Waals surface area contributed by atoms with Crippen LogP contribution in [0.3, 0.4) is 0 Å². The number of fused-ring (bicyclic) bond motifs is 1. The summed E-state index contributed by atoms with van der Waals surface area (Å²) in [4.78, 5) is 4.10. The molecule has 1 heterocycles. The van der Waals surface area contributed by atoms with E-state index in [1.54, 1.807) is 13.1 Å². The van der Waals surface area contributed by atoms with E-state index < -0.39 is 0 Å². The van der Waals surface area contributed by atoms with Crippen molar-refractivity contribution >= 4 is 5.96 Å². The molecule has 0 saturated heterocycles. The van der Waals surface area contributed by atoms with E-state index in [1.165, 1.54) is 0 Å². The lowest BCUT2D eigenvalue weighted by Crippen LogP contribution is -2.36. The van der Waals surface area contributed by atoms with Crippen molar-refractivity contribution in [1.82, 2.24) is 10.6 Å². The van der Waals surface area contributed by atoms with Gasteiger partial charge in [0.25, 0.3) is 0 Å². The van der Waals surface area contributed by atoms with Gasteiger partial charge in [0.15, 0.2) is 17.5 Å². The quantitative estimate of drug-likeness (QED) is 0.478. The summed E-state index contributed by atoms with van der Waals surface area (Å²) in [5, 5.41) is 6.31. The number of aliphatic imine (C=N–C) groups is 1. The van der Waals surface area contributed by atoms with Gasteiger partial charge < -0.3 is 20.1 Å². The standard InChI is InChI=1S/C13H17N3O2/c1-3-6-15-13(14-2)16-8-10-4-5-11-12(7-10)18-9-17-11/h3-5,7H,1,6,8-9H2,2H3,(H2,14,15,16). The van der Waals surface area contributed by atoms with Crippen LogP contribution in [0.5, 0.6) is 11.5 Å². The second-order valence-electron chi connectivity index (χ2n) is 3.78. The van der Waals surface area contributed by atoms with E-state index in [0.717, 1.165) is 23.0 Å². The van der Waals surface area contributed by atoms with Gasteiger partial charge >= 0.3 is 0 Å². The molecule has 1 aromatic rings. The Morgan fingerprint density at radius 3 is 3.00 bits per heavy atom. The Morgan fingerprint density at radius 1 is 1.39 bits per heavy atom. The molecule has 1 aliphatic heterocycles. The molecule has 1 aliphatic rings. The molecule has 0 aliphatic carbocycles. The molecule has 0 unspecified atom stereocenters. The van der Waals surface area contributed by atoms with Crippen LogP contribution in [0.25, 0.3) is 0 Å². The monoisotopic (exact) mass is 247 g/mol. The van der Waals surface area contributed by atoms with E-state index in [-0.39, 0.29) is 0 Å². The van der Waals surface area contributed by atoms with Gasteiger partial charge in [-0.15, -0.1) is 6.58 Å². The smallest absolute Gasteiger partial charge is 0.231 e. The normalized spacial score (nSPS) is 13.3. The van der Waals surface area contributed by atoms with Gasteiger partial charge in [0.05, 0.1) is 0 Å². The summed E-state index contributed by atoms with van der Waals surface area (Å²) >= 11 is 0. The van der Waals surface area contributed by atoms with E-state index in [9.17, 15) is 0 Å². The highest BCUT2D eigenvalue weighted by atomic mass is 16.7. The van der Waals surface area contributed by atoms with Crippen molar-refractivity contribution in [1.29, 1.82) is 0 Å². The number of rotatable bonds is 4. The first kappa shape index (κ1) is 12.3. The number of nitrogens with zero attached hydrogens (tertiary/aromatic N) is 1. The first-order valence-electron chi connectivity index (χ1n) is 5.77. The van der Waals surface area contributed by atoms with E-state index >= 15 is 0 Å². The first-order valence-corrected chi connectivity index (χ1v) is 5.77. The van der Waals surface area contributed by atoms with Crippen LogP contribution >= 0.6 is 0 Å². The third-order valence-electron chi connectivity index (χ3n) is 2.53. The summed E-state index contributed by atoms with van der Waals surface area (Å²) in [7, 11) is 1.73. The maximum absolute atomic E-state index is 5.33. The van der Waals surface area contributed by atoms with Gasteiger partial charge in [-0.25, -0.2) is 0 Å². The van der Waals surface area contributed by atoms with Crippen LogP contribution in [0.15, 0.2) is 35.8 Å². The van der Waals surface area contributed by atoms with Crippen molar-refractivity contribution < 1.29 is 9.47 Å². The fraction of sp³-hybridized carbons (Fsp3) is 0.308. The lowest BCUT2D eigenvalue weighted by atomic mass is 10.2. The second-order valence-corrected chi connectivity index (χ2v) is 3.78. The van der Waals surface area contributed by atoms with E-state index in [0.29, 0.717) is 19.9 Å². The molecule has 96 valence electrons. The molecule has 0 aromatic heterocycles. The van der Waals surface area contributed by atoms with Gasteiger partial charge in [0, 0.05) is 20.1 Å². The molecule has 1 aromatic carbocycles. The second kappa shape index (κ2) is 5.95. The van der Waals surface area contributed by atoms with Crippen LogP contribution in [-0.2, 0) is 6.54 Å². The Bertz CT molecular complexity index is 458. The molecule has 18 heavy (non-hydrogen) atoms. The molecule has 2 N–H and O–H groups in total. The van der Waals surface area contributed by atoms with E-state index in [2.05, 4.69) is 22.2 Å². The molecule has 0 atom stereocenters. The fourth-order valence-electron chi connectivity index (χ4n) is 1.63. The average molecular weight is 247 g/mol. The molecular formula is C13H17N3O2. The number of hydrogen-bond donors (Lipinski definition) is 2. The van der Waals surface area contributed by atoms with Gasteiger partial charge in [-0.1, -0.05) is 12.1 Å². The van der Waals surface area contributed by atoms with Crippen LogP contribution in [0.4, 0.5) is 0 Å². The van der Waals surface area contributed by atoms with Crippen LogP contribution < -0.4 is 20.1 Å². The third kappa shape index (κ3) is 2.94. The lowest BCUT2D eigenvalue weighted by molar-refractivity contribution is 0.174. The van der Waals surface area contributed by atoms with Crippen LogP contribution in [0.1, 0.15) is 5.56 Å². The summed E-state index contributed by atoms with van der Waals surface area (Å²) < 4.78 is 10.6. The number of ether oxygens (including phenoxy) is 2.